The molecule has 0 saturated heterocycles. The average molecular weight is 771 g/mol. The standard InChI is InChI=1S/C49H86O6/c1-4-7-10-13-16-19-22-23-24-25-28-30-33-36-39-42-48(51)54-45-46(55-49(52)43-40-37-34-31-27-21-18-15-12-9-6-3)44-53-47(50)41-38-35-32-29-26-20-17-14-11-8-5-2/h15-16,18-19,23-24,28,30,46H,4-14,17,20-22,25-27,29,31-45H2,1-3H3/b18-15-,19-16-,24-23-,30-28-/t46-/m0/s1. The summed E-state index contributed by atoms with van der Waals surface area (Å²) in [6.45, 7) is 6.51. The van der Waals surface area contributed by atoms with E-state index in [9.17, 15) is 14.4 Å². The fourth-order valence-electron chi connectivity index (χ4n) is 6.25. The molecule has 318 valence electrons. The normalized spacial score (nSPS) is 12.4. The molecule has 0 aliphatic carbocycles. The highest BCUT2D eigenvalue weighted by molar-refractivity contribution is 5.71. The van der Waals surface area contributed by atoms with E-state index in [4.69, 9.17) is 14.2 Å². The van der Waals surface area contributed by atoms with Crippen LogP contribution in [0.25, 0.3) is 0 Å². The first-order valence-electron chi connectivity index (χ1n) is 23.1. The van der Waals surface area contributed by atoms with Crippen molar-refractivity contribution in [3.05, 3.63) is 48.6 Å². The molecule has 6 heteroatoms. The van der Waals surface area contributed by atoms with Gasteiger partial charge in [0.1, 0.15) is 13.2 Å². The van der Waals surface area contributed by atoms with Gasteiger partial charge < -0.3 is 14.2 Å². The van der Waals surface area contributed by atoms with Gasteiger partial charge in [-0.1, -0.05) is 179 Å². The number of esters is 3. The Kier molecular flexibility index (Phi) is 42.0. The van der Waals surface area contributed by atoms with Crippen LogP contribution >= 0.6 is 0 Å². The zero-order valence-electron chi connectivity index (χ0n) is 36.2. The lowest BCUT2D eigenvalue weighted by atomic mass is 10.1. The van der Waals surface area contributed by atoms with Gasteiger partial charge in [-0.3, -0.25) is 14.4 Å². The third-order valence-corrected chi connectivity index (χ3v) is 9.81. The first-order valence-corrected chi connectivity index (χ1v) is 23.1. The lowest BCUT2D eigenvalue weighted by Gasteiger charge is -2.18. The minimum Gasteiger partial charge on any atom is -0.462 e. The van der Waals surface area contributed by atoms with Crippen molar-refractivity contribution in [3.63, 3.8) is 0 Å². The molecule has 55 heavy (non-hydrogen) atoms. The quantitative estimate of drug-likeness (QED) is 0.0267. The highest BCUT2D eigenvalue weighted by Crippen LogP contribution is 2.14. The maximum Gasteiger partial charge on any atom is 0.306 e. The maximum absolute atomic E-state index is 12.7. The number of allylic oxidation sites excluding steroid dienone is 8. The monoisotopic (exact) mass is 771 g/mol. The molecule has 0 radical (unpaired) electrons. The van der Waals surface area contributed by atoms with Crippen LogP contribution in [0.15, 0.2) is 48.6 Å². The summed E-state index contributed by atoms with van der Waals surface area (Å²) in [5.74, 6) is -0.938. The molecule has 1 atom stereocenters. The minimum absolute atomic E-state index is 0.0872. The third-order valence-electron chi connectivity index (χ3n) is 9.81. The van der Waals surface area contributed by atoms with Crippen LogP contribution in [0.3, 0.4) is 0 Å². The average Bonchev–Trinajstić information content (AvgIpc) is 3.18. The van der Waals surface area contributed by atoms with Crippen LogP contribution in [-0.4, -0.2) is 37.2 Å². The zero-order chi connectivity index (χ0) is 40.1. The predicted molar refractivity (Wildman–Crippen MR) is 233 cm³/mol. The van der Waals surface area contributed by atoms with Gasteiger partial charge in [0.2, 0.25) is 0 Å². The fraction of sp³-hybridized carbons (Fsp3) is 0.776. The fourth-order valence-corrected chi connectivity index (χ4v) is 6.25. The second kappa shape index (κ2) is 44.1. The van der Waals surface area contributed by atoms with Crippen molar-refractivity contribution in [1.29, 1.82) is 0 Å². The number of carbonyl (C=O) groups excluding carboxylic acids is 3. The van der Waals surface area contributed by atoms with Crippen molar-refractivity contribution in [2.45, 2.75) is 232 Å². The molecule has 0 N–H and O–H groups in total. The highest BCUT2D eigenvalue weighted by atomic mass is 16.6. The van der Waals surface area contributed by atoms with E-state index in [1.54, 1.807) is 0 Å². The summed E-state index contributed by atoms with van der Waals surface area (Å²) in [6, 6.07) is 0. The van der Waals surface area contributed by atoms with Crippen LogP contribution in [-0.2, 0) is 28.6 Å². The maximum atomic E-state index is 12.7. The van der Waals surface area contributed by atoms with E-state index in [1.165, 1.54) is 103 Å². The summed E-state index contributed by atoms with van der Waals surface area (Å²) < 4.78 is 16.7. The number of hydrogen-bond donors (Lipinski definition) is 0. The van der Waals surface area contributed by atoms with Crippen molar-refractivity contribution in [3.8, 4) is 0 Å². The lowest BCUT2D eigenvalue weighted by Crippen LogP contribution is -2.30. The molecular weight excluding hydrogens is 685 g/mol. The third kappa shape index (κ3) is 42.4. The van der Waals surface area contributed by atoms with E-state index in [0.29, 0.717) is 19.3 Å². The molecule has 0 spiro atoms. The van der Waals surface area contributed by atoms with Gasteiger partial charge in [-0.2, -0.15) is 0 Å². The van der Waals surface area contributed by atoms with Gasteiger partial charge in [0, 0.05) is 19.3 Å². The Labute approximate surface area is 339 Å². The molecule has 6 nitrogen and oxygen atoms in total. The topological polar surface area (TPSA) is 78.9 Å². The predicted octanol–water partition coefficient (Wildman–Crippen LogP) is 14.8. The van der Waals surface area contributed by atoms with Gasteiger partial charge in [-0.15, -0.1) is 0 Å². The molecule has 0 amide bonds. The molecule has 0 aromatic carbocycles. The molecule has 0 heterocycles. The second-order valence-electron chi connectivity index (χ2n) is 15.3. The smallest absolute Gasteiger partial charge is 0.306 e. The van der Waals surface area contributed by atoms with Gasteiger partial charge in [0.25, 0.3) is 0 Å². The first-order chi connectivity index (χ1) is 27.0. The molecular formula is C49H86O6. The van der Waals surface area contributed by atoms with E-state index in [2.05, 4.69) is 69.4 Å². The van der Waals surface area contributed by atoms with E-state index in [0.717, 1.165) is 83.5 Å². The molecule has 0 saturated carbocycles. The van der Waals surface area contributed by atoms with Crippen LogP contribution in [0.1, 0.15) is 226 Å². The SMILES string of the molecule is CCCC/C=C\CCCCCCCC(=O)O[C@H](COC(=O)CCCC/C=C\C/C=C\C/C=C\CCCCC)COC(=O)CCCCCCCCCCCCC. The highest BCUT2D eigenvalue weighted by Gasteiger charge is 2.19. The van der Waals surface area contributed by atoms with E-state index in [1.807, 2.05) is 0 Å². The Balaban J connectivity index is 4.43. The number of hydrogen-bond acceptors (Lipinski definition) is 6. The number of rotatable bonds is 41. The van der Waals surface area contributed by atoms with Crippen molar-refractivity contribution in [1.82, 2.24) is 0 Å². The van der Waals surface area contributed by atoms with Gasteiger partial charge >= 0.3 is 17.9 Å². The summed E-state index contributed by atoms with van der Waals surface area (Å²) in [5.41, 5.74) is 0. The molecule has 0 aliphatic rings. The van der Waals surface area contributed by atoms with Crippen molar-refractivity contribution >= 4 is 17.9 Å². The van der Waals surface area contributed by atoms with Crippen LogP contribution in [0, 0.1) is 0 Å². The van der Waals surface area contributed by atoms with Crippen molar-refractivity contribution in [2.75, 3.05) is 13.2 Å². The summed E-state index contributed by atoms with van der Waals surface area (Å²) in [7, 11) is 0. The van der Waals surface area contributed by atoms with E-state index in [-0.39, 0.29) is 31.1 Å². The molecule has 0 aromatic rings. The largest absolute Gasteiger partial charge is 0.462 e. The summed E-state index contributed by atoms with van der Waals surface area (Å²) in [5, 5.41) is 0. The first kappa shape index (κ1) is 52.4. The number of carbonyl (C=O) groups is 3. The Bertz CT molecular complexity index is 980. The summed E-state index contributed by atoms with van der Waals surface area (Å²) in [6.07, 6.45) is 50.9. The number of ether oxygens (including phenoxy) is 3. The Morgan fingerprint density at radius 2 is 0.673 bits per heavy atom. The molecule has 0 aromatic heterocycles. The van der Waals surface area contributed by atoms with Gasteiger partial charge in [-0.25, -0.2) is 0 Å². The lowest BCUT2D eigenvalue weighted by molar-refractivity contribution is -0.167. The molecule has 0 rings (SSSR count). The molecule has 0 bridgehead atoms. The van der Waals surface area contributed by atoms with Crippen LogP contribution in [0.2, 0.25) is 0 Å². The summed E-state index contributed by atoms with van der Waals surface area (Å²) in [4.78, 5) is 37.7. The van der Waals surface area contributed by atoms with Crippen molar-refractivity contribution in [2.24, 2.45) is 0 Å². The Morgan fingerprint density at radius 3 is 1.16 bits per heavy atom. The zero-order valence-corrected chi connectivity index (χ0v) is 36.2. The second-order valence-corrected chi connectivity index (χ2v) is 15.3. The minimum atomic E-state index is -0.787. The molecule has 0 unspecified atom stereocenters. The van der Waals surface area contributed by atoms with Crippen molar-refractivity contribution < 1.29 is 28.6 Å². The molecule has 0 fully saturated rings. The summed E-state index contributed by atoms with van der Waals surface area (Å²) >= 11 is 0. The van der Waals surface area contributed by atoms with Crippen LogP contribution in [0.4, 0.5) is 0 Å². The van der Waals surface area contributed by atoms with Gasteiger partial charge in [0.05, 0.1) is 0 Å². The van der Waals surface area contributed by atoms with E-state index >= 15 is 0 Å². The number of unbranched alkanes of at least 4 members (excludes halogenated alkanes) is 22. The van der Waals surface area contributed by atoms with Gasteiger partial charge in [-0.05, 0) is 77.0 Å². The Hall–Kier alpha value is -2.63. The Morgan fingerprint density at radius 1 is 0.364 bits per heavy atom. The van der Waals surface area contributed by atoms with Crippen LogP contribution < -0.4 is 0 Å². The van der Waals surface area contributed by atoms with Gasteiger partial charge in [0.15, 0.2) is 6.10 Å². The van der Waals surface area contributed by atoms with E-state index < -0.39 is 6.10 Å². The van der Waals surface area contributed by atoms with Crippen LogP contribution in [0.5, 0.6) is 0 Å². The molecule has 0 aliphatic heterocycles.